The van der Waals surface area contributed by atoms with E-state index in [-0.39, 0.29) is 17.0 Å². The molecule has 0 saturated carbocycles. The Morgan fingerprint density at radius 3 is 2.75 bits per heavy atom. The van der Waals surface area contributed by atoms with Crippen molar-refractivity contribution < 1.29 is 20.6 Å². The number of aromatic hydroxyl groups is 1. The van der Waals surface area contributed by atoms with E-state index in [2.05, 4.69) is 0 Å². The summed E-state index contributed by atoms with van der Waals surface area (Å²) in [7, 11) is 0. The molecule has 0 amide bonds. The van der Waals surface area contributed by atoms with Crippen LogP contribution >= 0.6 is 11.3 Å². The van der Waals surface area contributed by atoms with E-state index >= 15 is 0 Å². The lowest BCUT2D eigenvalue weighted by atomic mass is 10.1. The Morgan fingerprint density at radius 1 is 1.38 bits per heavy atom. The summed E-state index contributed by atoms with van der Waals surface area (Å²) < 4.78 is 0. The summed E-state index contributed by atoms with van der Waals surface area (Å²) in [6.07, 6.45) is 0.569. The van der Waals surface area contributed by atoms with Gasteiger partial charge in [-0.05, 0) is 23.1 Å². The first-order valence-corrected chi connectivity index (χ1v) is 5.47. The molecule has 0 fully saturated rings. The van der Waals surface area contributed by atoms with Crippen molar-refractivity contribution in [2.45, 2.75) is 0 Å². The summed E-state index contributed by atoms with van der Waals surface area (Å²) in [6.45, 7) is 0. The van der Waals surface area contributed by atoms with E-state index in [4.69, 9.17) is 5.21 Å². The van der Waals surface area contributed by atoms with Crippen molar-refractivity contribution in [1.29, 1.82) is 0 Å². The molecule has 16 heavy (non-hydrogen) atoms. The fourth-order valence-corrected chi connectivity index (χ4v) is 2.17. The maximum atomic E-state index is 10.8. The highest BCUT2D eigenvalue weighted by molar-refractivity contribution is 7.13. The van der Waals surface area contributed by atoms with E-state index in [0.29, 0.717) is 6.29 Å². The van der Waals surface area contributed by atoms with Gasteiger partial charge in [0.25, 0.3) is 0 Å². The smallest absolute Gasteiger partial charge is 0.205 e. The number of phenols is 1. The minimum absolute atomic E-state index is 0.172. The van der Waals surface area contributed by atoms with Crippen LogP contribution in [0.5, 0.6) is 5.75 Å². The fraction of sp³-hybridized carbons (Fsp3) is 0. The van der Waals surface area contributed by atoms with Crippen molar-refractivity contribution in [2.75, 3.05) is 0 Å². The molecule has 82 valence electrons. The van der Waals surface area contributed by atoms with Gasteiger partial charge in [-0.2, -0.15) is 5.48 Å². The van der Waals surface area contributed by atoms with E-state index in [1.54, 1.807) is 12.1 Å². The number of aldehydes is 1. The summed E-state index contributed by atoms with van der Waals surface area (Å²) in [6, 6.07) is 7.04. The van der Waals surface area contributed by atoms with E-state index in [9.17, 15) is 9.90 Å². The van der Waals surface area contributed by atoms with Gasteiger partial charge in [-0.15, -0.1) is 11.3 Å². The zero-order chi connectivity index (χ0) is 11.5. The molecule has 0 aliphatic carbocycles. The maximum absolute atomic E-state index is 10.8. The highest BCUT2D eigenvalue weighted by Crippen LogP contribution is 2.32. The topological polar surface area (TPSA) is 74.1 Å². The van der Waals surface area contributed by atoms with Crippen LogP contribution < -0.4 is 5.48 Å². The second-order valence-corrected chi connectivity index (χ2v) is 4.18. The van der Waals surface area contributed by atoms with E-state index in [1.165, 1.54) is 11.3 Å². The third kappa shape index (κ3) is 1.83. The quantitative estimate of drug-likeness (QED) is 0.327. The molecule has 4 nitrogen and oxygen atoms in total. The molecule has 2 aromatic rings. The van der Waals surface area contributed by atoms with E-state index < -0.39 is 0 Å². The Kier molecular flexibility index (Phi) is 3.00. The number of thiophene rings is 1. The first-order chi connectivity index (χ1) is 7.76. The predicted molar refractivity (Wildman–Crippen MR) is 60.2 cm³/mol. The number of benzene rings is 1. The van der Waals surface area contributed by atoms with Gasteiger partial charge in [0.2, 0.25) is 5.69 Å². The van der Waals surface area contributed by atoms with Crippen molar-refractivity contribution >= 4 is 23.3 Å². The van der Waals surface area contributed by atoms with Crippen LogP contribution in [0.25, 0.3) is 10.4 Å². The molecule has 0 bridgehead atoms. The van der Waals surface area contributed by atoms with Crippen LogP contribution in [0.1, 0.15) is 10.4 Å². The number of hydrogen-bond acceptors (Lipinski definition) is 4. The van der Waals surface area contributed by atoms with Crippen molar-refractivity contribution in [3.63, 3.8) is 0 Å². The normalized spacial score (nSPS) is 10.3. The highest BCUT2D eigenvalue weighted by Gasteiger charge is 2.13. The lowest BCUT2D eigenvalue weighted by molar-refractivity contribution is -0.826. The minimum atomic E-state index is -0.196. The molecule has 1 aromatic heterocycles. The van der Waals surface area contributed by atoms with E-state index in [0.717, 1.165) is 15.9 Å². The van der Waals surface area contributed by atoms with Crippen LogP contribution in [0, 0.1) is 0 Å². The minimum Gasteiger partial charge on any atom is -0.502 e. The molecule has 4 N–H and O–H groups in total. The van der Waals surface area contributed by atoms with Gasteiger partial charge in [-0.3, -0.25) is 4.79 Å². The second kappa shape index (κ2) is 4.44. The molecule has 1 aromatic carbocycles. The fourth-order valence-electron chi connectivity index (χ4n) is 1.45. The Hall–Kier alpha value is -1.69. The van der Waals surface area contributed by atoms with Crippen LogP contribution in [0.2, 0.25) is 0 Å². The molecule has 0 aliphatic rings. The van der Waals surface area contributed by atoms with Gasteiger partial charge in [0.15, 0.2) is 12.0 Å². The molecule has 0 spiro atoms. The molecular weight excluding hydrogens is 226 g/mol. The van der Waals surface area contributed by atoms with Crippen molar-refractivity contribution in [2.24, 2.45) is 0 Å². The standard InChI is InChI=1S/C11H9NO3S/c13-6-8-4-7(10-2-1-3-16-10)5-9(12-15)11(8)14/h1-6,12,14-15H/p+1. The molecule has 5 heteroatoms. The SMILES string of the molecule is O=Cc1cc(-c2cccs2)cc([NH2+]O)c1O. The number of rotatable bonds is 3. The summed E-state index contributed by atoms with van der Waals surface area (Å²) >= 11 is 1.53. The summed E-state index contributed by atoms with van der Waals surface area (Å²) in [4.78, 5) is 11.7. The number of hydrogen-bond donors (Lipinski definition) is 3. The van der Waals surface area contributed by atoms with Crippen LogP contribution in [0.3, 0.4) is 0 Å². The Morgan fingerprint density at radius 2 is 2.19 bits per heavy atom. The van der Waals surface area contributed by atoms with E-state index in [1.807, 2.05) is 17.5 Å². The first-order valence-electron chi connectivity index (χ1n) is 4.59. The molecule has 0 aliphatic heterocycles. The van der Waals surface area contributed by atoms with Gasteiger partial charge in [-0.25, -0.2) is 5.21 Å². The van der Waals surface area contributed by atoms with Gasteiger partial charge < -0.3 is 5.11 Å². The highest BCUT2D eigenvalue weighted by atomic mass is 32.1. The number of carbonyl (C=O) groups excluding carboxylic acids is 1. The third-order valence-corrected chi connectivity index (χ3v) is 3.16. The molecular formula is C11H10NO3S+. The average molecular weight is 236 g/mol. The summed E-state index contributed by atoms with van der Waals surface area (Å²) in [5.74, 6) is -0.196. The molecule has 0 unspecified atom stereocenters. The number of carbonyl (C=O) groups is 1. The van der Waals surface area contributed by atoms with Crippen molar-refractivity contribution in [3.8, 4) is 16.2 Å². The van der Waals surface area contributed by atoms with Crippen molar-refractivity contribution in [1.82, 2.24) is 0 Å². The Labute approximate surface area is 95.7 Å². The van der Waals surface area contributed by atoms with Gasteiger partial charge in [0.1, 0.15) is 0 Å². The zero-order valence-corrected chi connectivity index (χ0v) is 9.07. The summed E-state index contributed by atoms with van der Waals surface area (Å²) in [5, 5.41) is 20.5. The lowest BCUT2D eigenvalue weighted by Gasteiger charge is -2.04. The molecule has 0 atom stereocenters. The van der Waals surface area contributed by atoms with Crippen LogP contribution in [0.4, 0.5) is 5.69 Å². The largest absolute Gasteiger partial charge is 0.502 e. The van der Waals surface area contributed by atoms with Gasteiger partial charge in [0.05, 0.1) is 5.56 Å². The maximum Gasteiger partial charge on any atom is 0.205 e. The molecule has 0 radical (unpaired) electrons. The average Bonchev–Trinajstić information content (AvgIpc) is 2.83. The van der Waals surface area contributed by atoms with Crippen LogP contribution in [-0.2, 0) is 0 Å². The summed E-state index contributed by atoms with van der Waals surface area (Å²) in [5.41, 5.74) is 2.01. The van der Waals surface area contributed by atoms with Gasteiger partial charge in [-0.1, -0.05) is 6.07 Å². The van der Waals surface area contributed by atoms with Crippen LogP contribution in [0.15, 0.2) is 29.6 Å². The van der Waals surface area contributed by atoms with Gasteiger partial charge in [0, 0.05) is 10.9 Å². The number of quaternary nitrogens is 1. The molecule has 2 rings (SSSR count). The second-order valence-electron chi connectivity index (χ2n) is 3.23. The monoisotopic (exact) mass is 236 g/mol. The predicted octanol–water partition coefficient (Wildman–Crippen LogP) is 1.52. The zero-order valence-electron chi connectivity index (χ0n) is 8.25. The Bertz CT molecular complexity index is 508. The van der Waals surface area contributed by atoms with Gasteiger partial charge >= 0.3 is 0 Å². The first kappa shape index (κ1) is 10.8. The number of phenolic OH excluding ortho intramolecular Hbond substituents is 1. The van der Waals surface area contributed by atoms with Crippen LogP contribution in [-0.4, -0.2) is 16.6 Å². The molecule has 1 heterocycles. The number of nitrogens with two attached hydrogens (primary N) is 1. The third-order valence-electron chi connectivity index (χ3n) is 2.24. The molecule has 0 saturated heterocycles. The lowest BCUT2D eigenvalue weighted by Crippen LogP contribution is -2.73. The Balaban J connectivity index is 2.60. The van der Waals surface area contributed by atoms with Crippen molar-refractivity contribution in [3.05, 3.63) is 35.2 Å².